The van der Waals surface area contributed by atoms with Crippen molar-refractivity contribution in [3.05, 3.63) is 65.0 Å². The Morgan fingerprint density at radius 2 is 1.77 bits per heavy atom. The van der Waals surface area contributed by atoms with Gasteiger partial charge in [0.15, 0.2) is 6.10 Å². The Labute approximate surface area is 207 Å². The molecule has 1 N–H and O–H groups in total. The first-order valence-corrected chi connectivity index (χ1v) is 11.9. The molecule has 0 aliphatic carbocycles. The summed E-state index contributed by atoms with van der Waals surface area (Å²) in [4.78, 5) is 16.1. The number of oxazole rings is 1. The van der Waals surface area contributed by atoms with Crippen LogP contribution < -0.4 is 9.47 Å². The molecule has 3 rings (SSSR count). The van der Waals surface area contributed by atoms with Gasteiger partial charge in [-0.3, -0.25) is 0 Å². The van der Waals surface area contributed by atoms with Crippen LogP contribution in [0.5, 0.6) is 11.5 Å². The van der Waals surface area contributed by atoms with E-state index in [1.54, 1.807) is 19.1 Å². The van der Waals surface area contributed by atoms with Gasteiger partial charge in [0.1, 0.15) is 29.6 Å². The second kappa shape index (κ2) is 11.4. The summed E-state index contributed by atoms with van der Waals surface area (Å²) in [7, 11) is 0. The standard InChI is InChI=1S/C28H35NO6/c1-7-32-24-16-22(14-11-20(24)15-25(27(30)31)33-8-2)34-17-23-18(3)35-26(29-23)19-9-12-21(13-10-19)28(4,5)6/h9-14,16,25H,7-8,15,17H2,1-6H3,(H,30,31). The molecule has 0 radical (unpaired) electrons. The third kappa shape index (κ3) is 6.85. The number of aliphatic carboxylic acids is 1. The summed E-state index contributed by atoms with van der Waals surface area (Å²) in [5.41, 5.74) is 3.70. The second-order valence-corrected chi connectivity index (χ2v) is 9.33. The molecule has 0 saturated heterocycles. The lowest BCUT2D eigenvalue weighted by molar-refractivity contribution is -0.149. The van der Waals surface area contributed by atoms with Gasteiger partial charge in [-0.25, -0.2) is 9.78 Å². The SMILES string of the molecule is CCOc1cc(OCc2nc(-c3ccc(C(C)(C)C)cc3)oc2C)ccc1CC(OCC)C(=O)O. The number of hydrogen-bond acceptors (Lipinski definition) is 6. The van der Waals surface area contributed by atoms with E-state index in [2.05, 4.69) is 37.9 Å². The highest BCUT2D eigenvalue weighted by Crippen LogP contribution is 2.29. The summed E-state index contributed by atoms with van der Waals surface area (Å²) >= 11 is 0. The molecule has 35 heavy (non-hydrogen) atoms. The fourth-order valence-electron chi connectivity index (χ4n) is 3.65. The summed E-state index contributed by atoms with van der Waals surface area (Å²) in [5, 5.41) is 9.40. The van der Waals surface area contributed by atoms with E-state index in [9.17, 15) is 9.90 Å². The fraction of sp³-hybridized carbons (Fsp3) is 0.429. The molecule has 1 unspecified atom stereocenters. The molecule has 2 aromatic carbocycles. The van der Waals surface area contributed by atoms with Crippen LogP contribution >= 0.6 is 0 Å². The molecule has 7 nitrogen and oxygen atoms in total. The van der Waals surface area contributed by atoms with Gasteiger partial charge in [0, 0.05) is 24.7 Å². The third-order valence-corrected chi connectivity index (χ3v) is 5.65. The Balaban J connectivity index is 1.73. The highest BCUT2D eigenvalue weighted by atomic mass is 16.5. The maximum Gasteiger partial charge on any atom is 0.333 e. The molecule has 1 heterocycles. The van der Waals surface area contributed by atoms with Gasteiger partial charge in [-0.1, -0.05) is 39.0 Å². The maximum atomic E-state index is 11.5. The number of aryl methyl sites for hydroxylation is 1. The Bertz CT molecular complexity index is 1130. The van der Waals surface area contributed by atoms with Crippen molar-refractivity contribution < 1.29 is 28.5 Å². The van der Waals surface area contributed by atoms with Crippen molar-refractivity contribution in [1.29, 1.82) is 0 Å². The van der Waals surface area contributed by atoms with Gasteiger partial charge in [0.25, 0.3) is 0 Å². The molecular weight excluding hydrogens is 446 g/mol. The van der Waals surface area contributed by atoms with E-state index in [-0.39, 0.29) is 18.4 Å². The lowest BCUT2D eigenvalue weighted by Crippen LogP contribution is -2.26. The van der Waals surface area contributed by atoms with Crippen molar-refractivity contribution in [3.63, 3.8) is 0 Å². The van der Waals surface area contributed by atoms with Gasteiger partial charge in [-0.15, -0.1) is 0 Å². The number of benzene rings is 2. The number of carboxylic acids is 1. The normalized spacial score (nSPS) is 12.4. The molecule has 0 aliphatic rings. The van der Waals surface area contributed by atoms with Crippen LogP contribution in [0.3, 0.4) is 0 Å². The zero-order valence-electron chi connectivity index (χ0n) is 21.4. The van der Waals surface area contributed by atoms with Crippen LogP contribution in [0.25, 0.3) is 11.5 Å². The summed E-state index contributed by atoms with van der Waals surface area (Å²) in [6, 6.07) is 13.6. The summed E-state index contributed by atoms with van der Waals surface area (Å²) in [5.74, 6) is 1.43. The van der Waals surface area contributed by atoms with Crippen LogP contribution in [0.1, 0.15) is 57.2 Å². The molecule has 0 aliphatic heterocycles. The first-order chi connectivity index (χ1) is 16.6. The van der Waals surface area contributed by atoms with Gasteiger partial charge in [0.05, 0.1) is 6.61 Å². The van der Waals surface area contributed by atoms with Gasteiger partial charge < -0.3 is 23.7 Å². The van der Waals surface area contributed by atoms with Gasteiger partial charge >= 0.3 is 5.97 Å². The minimum Gasteiger partial charge on any atom is -0.493 e. The predicted molar refractivity (Wildman–Crippen MR) is 134 cm³/mol. The van der Waals surface area contributed by atoms with E-state index in [1.807, 2.05) is 32.0 Å². The van der Waals surface area contributed by atoms with Crippen LogP contribution in [0, 0.1) is 6.92 Å². The molecule has 3 aromatic rings. The number of rotatable bonds is 11. The minimum absolute atomic E-state index is 0.0808. The molecule has 0 fully saturated rings. The smallest absolute Gasteiger partial charge is 0.333 e. The number of hydrogen-bond donors (Lipinski definition) is 1. The van der Waals surface area contributed by atoms with Crippen LogP contribution in [-0.4, -0.2) is 35.4 Å². The van der Waals surface area contributed by atoms with E-state index < -0.39 is 12.1 Å². The molecule has 0 saturated carbocycles. The van der Waals surface area contributed by atoms with Crippen molar-refractivity contribution in [1.82, 2.24) is 4.98 Å². The summed E-state index contributed by atoms with van der Waals surface area (Å²) in [6.45, 7) is 13.1. The number of carboxylic acid groups (broad SMARTS) is 1. The minimum atomic E-state index is -1.00. The third-order valence-electron chi connectivity index (χ3n) is 5.65. The highest BCUT2D eigenvalue weighted by molar-refractivity contribution is 5.73. The summed E-state index contributed by atoms with van der Waals surface area (Å²) in [6.07, 6.45) is -0.724. The molecule has 1 aromatic heterocycles. The second-order valence-electron chi connectivity index (χ2n) is 9.33. The number of ether oxygens (including phenoxy) is 3. The Morgan fingerprint density at radius 1 is 1.06 bits per heavy atom. The van der Waals surface area contributed by atoms with Crippen LogP contribution in [-0.2, 0) is 28.0 Å². The first kappa shape index (κ1) is 26.3. The number of nitrogens with zero attached hydrogens (tertiary/aromatic N) is 1. The monoisotopic (exact) mass is 481 g/mol. The Kier molecular flexibility index (Phi) is 8.57. The van der Waals surface area contributed by atoms with Crippen molar-refractivity contribution in [2.75, 3.05) is 13.2 Å². The molecule has 0 spiro atoms. The molecule has 1 atom stereocenters. The van der Waals surface area contributed by atoms with E-state index in [1.165, 1.54) is 5.56 Å². The van der Waals surface area contributed by atoms with Gasteiger partial charge in [-0.2, -0.15) is 0 Å². The zero-order chi connectivity index (χ0) is 25.6. The van der Waals surface area contributed by atoms with Crippen molar-refractivity contribution in [2.45, 2.75) is 66.1 Å². The average molecular weight is 482 g/mol. The fourth-order valence-corrected chi connectivity index (χ4v) is 3.65. The lowest BCUT2D eigenvalue weighted by Gasteiger charge is -2.18. The Morgan fingerprint density at radius 3 is 2.37 bits per heavy atom. The molecule has 0 bridgehead atoms. The quantitative estimate of drug-likeness (QED) is 0.361. The average Bonchev–Trinajstić information content (AvgIpc) is 3.18. The molecular formula is C28H35NO6. The zero-order valence-corrected chi connectivity index (χ0v) is 21.4. The lowest BCUT2D eigenvalue weighted by atomic mass is 9.87. The van der Waals surface area contributed by atoms with Crippen molar-refractivity contribution in [2.24, 2.45) is 0 Å². The van der Waals surface area contributed by atoms with E-state index >= 15 is 0 Å². The highest BCUT2D eigenvalue weighted by Gasteiger charge is 2.21. The first-order valence-electron chi connectivity index (χ1n) is 11.9. The van der Waals surface area contributed by atoms with Gasteiger partial charge in [-0.05, 0) is 55.5 Å². The largest absolute Gasteiger partial charge is 0.493 e. The molecule has 188 valence electrons. The molecule has 0 amide bonds. The van der Waals surface area contributed by atoms with E-state index in [0.717, 1.165) is 11.1 Å². The molecule has 7 heteroatoms. The van der Waals surface area contributed by atoms with E-state index in [0.29, 0.717) is 42.1 Å². The predicted octanol–water partition coefficient (Wildman–Crippen LogP) is 5.96. The van der Waals surface area contributed by atoms with Crippen molar-refractivity contribution >= 4 is 5.97 Å². The van der Waals surface area contributed by atoms with Crippen molar-refractivity contribution in [3.8, 4) is 23.0 Å². The topological polar surface area (TPSA) is 91.0 Å². The Hall–Kier alpha value is -3.32. The maximum absolute atomic E-state index is 11.5. The van der Waals surface area contributed by atoms with Crippen LogP contribution in [0.2, 0.25) is 0 Å². The summed E-state index contributed by atoms with van der Waals surface area (Å²) < 4.78 is 23.0. The van der Waals surface area contributed by atoms with E-state index in [4.69, 9.17) is 18.6 Å². The van der Waals surface area contributed by atoms with Gasteiger partial charge in [0.2, 0.25) is 5.89 Å². The van der Waals surface area contributed by atoms with Crippen LogP contribution in [0.4, 0.5) is 0 Å². The number of carbonyl (C=O) groups is 1. The number of aromatic nitrogens is 1. The van der Waals surface area contributed by atoms with Crippen LogP contribution in [0.15, 0.2) is 46.9 Å².